The second kappa shape index (κ2) is 5.27. The van der Waals surface area contributed by atoms with Crippen molar-refractivity contribution < 1.29 is 19.1 Å². The van der Waals surface area contributed by atoms with Crippen LogP contribution < -0.4 is 5.32 Å². The Morgan fingerprint density at radius 1 is 1.38 bits per heavy atom. The van der Waals surface area contributed by atoms with Gasteiger partial charge in [-0.1, -0.05) is 11.6 Å². The van der Waals surface area contributed by atoms with Crippen LogP contribution >= 0.6 is 11.6 Å². The zero-order valence-corrected chi connectivity index (χ0v) is 8.66. The topological polar surface area (TPSA) is 66.4 Å². The molecule has 0 saturated carbocycles. The summed E-state index contributed by atoms with van der Waals surface area (Å²) in [5, 5.41) is 10.5. The number of halogens is 2. The molecule has 0 unspecified atom stereocenters. The number of anilines is 1. The van der Waals surface area contributed by atoms with Crippen LogP contribution in [0.25, 0.3) is 0 Å². The van der Waals surface area contributed by atoms with Crippen molar-refractivity contribution >= 4 is 29.2 Å². The maximum atomic E-state index is 12.8. The summed E-state index contributed by atoms with van der Waals surface area (Å²) in [5.74, 6) is -2.46. The number of rotatable bonds is 3. The molecule has 4 nitrogen and oxygen atoms in total. The quantitative estimate of drug-likeness (QED) is 0.799. The Hall–Kier alpha value is -1.88. The van der Waals surface area contributed by atoms with Crippen molar-refractivity contribution in [3.8, 4) is 0 Å². The van der Waals surface area contributed by atoms with Crippen LogP contribution in [0, 0.1) is 5.82 Å². The molecule has 0 atom stereocenters. The van der Waals surface area contributed by atoms with E-state index in [0.29, 0.717) is 6.08 Å². The van der Waals surface area contributed by atoms with Crippen LogP contribution in [0.3, 0.4) is 0 Å². The van der Waals surface area contributed by atoms with Crippen LogP contribution in [-0.2, 0) is 9.59 Å². The molecule has 1 rings (SSSR count). The molecule has 1 amide bonds. The molecular weight excluding hydrogens is 237 g/mol. The summed E-state index contributed by atoms with van der Waals surface area (Å²) in [6, 6.07) is 3.63. The molecule has 0 spiro atoms. The van der Waals surface area contributed by atoms with E-state index in [4.69, 9.17) is 16.7 Å². The van der Waals surface area contributed by atoms with Gasteiger partial charge in [0, 0.05) is 17.8 Å². The van der Waals surface area contributed by atoms with Crippen LogP contribution in [0.2, 0.25) is 5.02 Å². The second-order valence-corrected chi connectivity index (χ2v) is 3.20. The number of carboxylic acids is 1. The van der Waals surface area contributed by atoms with Crippen molar-refractivity contribution in [3.05, 3.63) is 41.2 Å². The Kier molecular flexibility index (Phi) is 4.02. The highest BCUT2D eigenvalue weighted by atomic mass is 35.5. The lowest BCUT2D eigenvalue weighted by Crippen LogP contribution is -2.08. The monoisotopic (exact) mass is 243 g/mol. The Labute approximate surface area is 95.3 Å². The molecule has 0 aromatic heterocycles. The number of hydrogen-bond acceptors (Lipinski definition) is 2. The molecule has 0 radical (unpaired) electrons. The van der Waals surface area contributed by atoms with E-state index >= 15 is 0 Å². The standard InChI is InChI=1S/C10H7ClFNO3/c11-7-5-6(1-2-8(7)12)13-9(14)3-4-10(15)16/h1-5H,(H,13,14)(H,15,16)/b4-3+. The molecule has 0 fully saturated rings. The Balaban J connectivity index is 2.70. The average molecular weight is 244 g/mol. The fourth-order valence-corrected chi connectivity index (χ4v) is 1.09. The predicted molar refractivity (Wildman–Crippen MR) is 56.8 cm³/mol. The lowest BCUT2D eigenvalue weighted by atomic mass is 10.3. The molecule has 1 aromatic carbocycles. The summed E-state index contributed by atoms with van der Waals surface area (Å²) < 4.78 is 12.8. The molecule has 0 heterocycles. The third kappa shape index (κ3) is 3.70. The van der Waals surface area contributed by atoms with Crippen molar-refractivity contribution in [3.63, 3.8) is 0 Å². The van der Waals surface area contributed by atoms with Gasteiger partial charge < -0.3 is 10.4 Å². The van der Waals surface area contributed by atoms with E-state index < -0.39 is 17.7 Å². The minimum absolute atomic E-state index is 0.125. The maximum Gasteiger partial charge on any atom is 0.328 e. The van der Waals surface area contributed by atoms with E-state index in [0.717, 1.165) is 12.1 Å². The lowest BCUT2D eigenvalue weighted by molar-refractivity contribution is -0.131. The van der Waals surface area contributed by atoms with Gasteiger partial charge in [-0.3, -0.25) is 4.79 Å². The van der Waals surface area contributed by atoms with Crippen LogP contribution in [0.4, 0.5) is 10.1 Å². The number of carboxylic acid groups (broad SMARTS) is 1. The molecule has 16 heavy (non-hydrogen) atoms. The first-order chi connectivity index (χ1) is 7.49. The first-order valence-electron chi connectivity index (χ1n) is 4.16. The van der Waals surface area contributed by atoms with Gasteiger partial charge in [0.05, 0.1) is 5.02 Å². The van der Waals surface area contributed by atoms with E-state index in [1.165, 1.54) is 12.1 Å². The highest BCUT2D eigenvalue weighted by molar-refractivity contribution is 6.31. The highest BCUT2D eigenvalue weighted by Crippen LogP contribution is 2.19. The summed E-state index contributed by atoms with van der Waals surface area (Å²) in [7, 11) is 0. The smallest absolute Gasteiger partial charge is 0.328 e. The SMILES string of the molecule is O=C(O)/C=C/C(=O)Nc1ccc(F)c(Cl)c1. The number of benzene rings is 1. The third-order valence-electron chi connectivity index (χ3n) is 1.56. The normalized spacial score (nSPS) is 10.4. The first kappa shape index (κ1) is 12.2. The summed E-state index contributed by atoms with van der Waals surface area (Å²) in [5.41, 5.74) is 0.284. The minimum atomic E-state index is -1.23. The van der Waals surface area contributed by atoms with Gasteiger partial charge >= 0.3 is 5.97 Å². The maximum absolute atomic E-state index is 12.8. The van der Waals surface area contributed by atoms with Gasteiger partial charge in [0.1, 0.15) is 5.82 Å². The molecule has 0 aliphatic carbocycles. The van der Waals surface area contributed by atoms with Gasteiger partial charge in [-0.25, -0.2) is 9.18 Å². The van der Waals surface area contributed by atoms with E-state index in [2.05, 4.69) is 5.32 Å². The molecule has 0 aliphatic heterocycles. The zero-order chi connectivity index (χ0) is 12.1. The van der Waals surface area contributed by atoms with Crippen molar-refractivity contribution in [2.24, 2.45) is 0 Å². The zero-order valence-electron chi connectivity index (χ0n) is 7.91. The number of nitrogens with one attached hydrogen (secondary N) is 1. The highest BCUT2D eigenvalue weighted by Gasteiger charge is 2.03. The molecule has 1 aromatic rings. The van der Waals surface area contributed by atoms with Gasteiger partial charge in [0.15, 0.2) is 0 Å². The predicted octanol–water partition coefficient (Wildman–Crippen LogP) is 2.06. The molecule has 0 bridgehead atoms. The molecule has 0 saturated heterocycles. The van der Waals surface area contributed by atoms with E-state index in [-0.39, 0.29) is 10.7 Å². The second-order valence-electron chi connectivity index (χ2n) is 2.79. The summed E-state index contributed by atoms with van der Waals surface area (Å²) >= 11 is 5.49. The number of aliphatic carboxylic acids is 1. The summed E-state index contributed by atoms with van der Waals surface area (Å²) in [4.78, 5) is 21.2. The van der Waals surface area contributed by atoms with Crippen molar-refractivity contribution in [2.75, 3.05) is 5.32 Å². The van der Waals surface area contributed by atoms with Gasteiger partial charge in [0.2, 0.25) is 5.91 Å². The number of hydrogen-bond donors (Lipinski definition) is 2. The number of amides is 1. The van der Waals surface area contributed by atoms with Crippen LogP contribution in [0.15, 0.2) is 30.4 Å². The lowest BCUT2D eigenvalue weighted by Gasteiger charge is -2.02. The van der Waals surface area contributed by atoms with Crippen LogP contribution in [0.1, 0.15) is 0 Å². The first-order valence-corrected chi connectivity index (χ1v) is 4.54. The average Bonchev–Trinajstić information content (AvgIpc) is 2.21. The van der Waals surface area contributed by atoms with Crippen molar-refractivity contribution in [1.29, 1.82) is 0 Å². The van der Waals surface area contributed by atoms with Gasteiger partial charge in [-0.15, -0.1) is 0 Å². The fourth-order valence-electron chi connectivity index (χ4n) is 0.905. The van der Waals surface area contributed by atoms with Gasteiger partial charge in [0.25, 0.3) is 0 Å². The molecule has 6 heteroatoms. The molecule has 84 valence electrons. The Morgan fingerprint density at radius 3 is 2.62 bits per heavy atom. The number of carbonyl (C=O) groups is 2. The molecule has 2 N–H and O–H groups in total. The summed E-state index contributed by atoms with van der Waals surface area (Å²) in [6.45, 7) is 0. The van der Waals surface area contributed by atoms with Crippen molar-refractivity contribution in [1.82, 2.24) is 0 Å². The van der Waals surface area contributed by atoms with Gasteiger partial charge in [-0.2, -0.15) is 0 Å². The molecular formula is C10H7ClFNO3. The number of carbonyl (C=O) groups excluding carboxylic acids is 1. The van der Waals surface area contributed by atoms with Crippen LogP contribution in [0.5, 0.6) is 0 Å². The van der Waals surface area contributed by atoms with Crippen LogP contribution in [-0.4, -0.2) is 17.0 Å². The van der Waals surface area contributed by atoms with Crippen molar-refractivity contribution in [2.45, 2.75) is 0 Å². The Morgan fingerprint density at radius 2 is 2.06 bits per heavy atom. The summed E-state index contributed by atoms with van der Waals surface area (Å²) in [6.07, 6.45) is 1.54. The third-order valence-corrected chi connectivity index (χ3v) is 1.85. The van der Waals surface area contributed by atoms with E-state index in [9.17, 15) is 14.0 Å². The minimum Gasteiger partial charge on any atom is -0.478 e. The van der Waals surface area contributed by atoms with E-state index in [1.54, 1.807) is 0 Å². The Bertz CT molecular complexity index is 459. The van der Waals surface area contributed by atoms with Gasteiger partial charge in [-0.05, 0) is 18.2 Å². The van der Waals surface area contributed by atoms with E-state index in [1.807, 2.05) is 0 Å². The largest absolute Gasteiger partial charge is 0.478 e. The fraction of sp³-hybridized carbons (Fsp3) is 0. The molecule has 0 aliphatic rings.